The van der Waals surface area contributed by atoms with Crippen LogP contribution in [0.4, 0.5) is 5.00 Å². The Bertz CT molecular complexity index is 1690. The maximum atomic E-state index is 12.8. The highest BCUT2D eigenvalue weighted by atomic mass is 32.2. The summed E-state index contributed by atoms with van der Waals surface area (Å²) in [5.41, 5.74) is 0.919. The molecule has 0 saturated heterocycles. The Morgan fingerprint density at radius 3 is 2.33 bits per heavy atom. The second kappa shape index (κ2) is 15.2. The van der Waals surface area contributed by atoms with Gasteiger partial charge in [0.1, 0.15) is 27.1 Å². The average Bonchev–Trinajstić information content (AvgIpc) is 3.42. The fourth-order valence-electron chi connectivity index (χ4n) is 3.98. The molecule has 3 aromatic rings. The van der Waals surface area contributed by atoms with E-state index in [2.05, 4.69) is 10.3 Å². The van der Waals surface area contributed by atoms with Crippen LogP contribution >= 0.6 is 22.7 Å². The van der Waals surface area contributed by atoms with Crippen molar-refractivity contribution in [3.05, 3.63) is 39.0 Å². The van der Waals surface area contributed by atoms with Gasteiger partial charge in [0.15, 0.2) is 14.6 Å². The van der Waals surface area contributed by atoms with Crippen LogP contribution in [0.5, 0.6) is 5.75 Å². The van der Waals surface area contributed by atoms with Crippen molar-refractivity contribution >= 4 is 71.5 Å². The molecule has 0 atom stereocenters. The first-order valence-corrected chi connectivity index (χ1v) is 16.7. The van der Waals surface area contributed by atoms with Gasteiger partial charge in [0.25, 0.3) is 5.91 Å². The Labute approximate surface area is 256 Å². The van der Waals surface area contributed by atoms with Crippen molar-refractivity contribution in [2.45, 2.75) is 34.2 Å². The molecule has 1 N–H and O–H groups in total. The van der Waals surface area contributed by atoms with Crippen molar-refractivity contribution in [1.82, 2.24) is 4.57 Å². The average molecular weight is 656 g/mol. The molecule has 1 aromatic carbocycles. The maximum Gasteiger partial charge on any atom is 0.348 e. The number of nitrogens with zero attached hydrogens (tertiary/aromatic N) is 2. The van der Waals surface area contributed by atoms with Gasteiger partial charge in [-0.1, -0.05) is 11.3 Å². The second-order valence-electron chi connectivity index (χ2n) is 8.88. The summed E-state index contributed by atoms with van der Waals surface area (Å²) in [4.78, 5) is 54.8. The largest absolute Gasteiger partial charge is 0.494 e. The minimum Gasteiger partial charge on any atom is -0.494 e. The summed E-state index contributed by atoms with van der Waals surface area (Å²) in [5, 5.41) is 2.31. The molecule has 0 aliphatic rings. The topological polar surface area (TPSA) is 169 Å². The maximum absolute atomic E-state index is 12.8. The highest BCUT2D eigenvalue weighted by molar-refractivity contribution is 7.92. The molecule has 0 radical (unpaired) electrons. The number of fused-ring (bicyclic) bond motifs is 1. The number of methoxy groups -OCH3 is 1. The lowest BCUT2D eigenvalue weighted by molar-refractivity contribution is -0.115. The van der Waals surface area contributed by atoms with Crippen LogP contribution in [0.2, 0.25) is 0 Å². The SMILES string of the molecule is CCOC(=O)c1sc(NC(=O)CS(=O)(=O)CC(=O)N=c2sc3cc(OCC)ccc3n2CCOC)c(C(=O)OCC)c1C. The number of anilines is 1. The molecule has 2 amide bonds. The number of aromatic nitrogens is 1. The molecule has 0 saturated carbocycles. The molecule has 43 heavy (non-hydrogen) atoms. The van der Waals surface area contributed by atoms with Gasteiger partial charge in [-0.15, -0.1) is 11.3 Å². The van der Waals surface area contributed by atoms with Crippen molar-refractivity contribution < 1.29 is 46.5 Å². The third-order valence-corrected chi connectivity index (χ3v) is 9.36. The van der Waals surface area contributed by atoms with Crippen LogP contribution in [0.1, 0.15) is 46.4 Å². The van der Waals surface area contributed by atoms with Gasteiger partial charge in [-0.25, -0.2) is 18.0 Å². The number of esters is 2. The Balaban J connectivity index is 1.83. The third kappa shape index (κ3) is 8.72. The van der Waals surface area contributed by atoms with Crippen molar-refractivity contribution in [3.63, 3.8) is 0 Å². The van der Waals surface area contributed by atoms with Crippen LogP contribution in [0, 0.1) is 6.92 Å². The van der Waals surface area contributed by atoms with Gasteiger partial charge in [0, 0.05) is 13.7 Å². The quantitative estimate of drug-likeness (QED) is 0.255. The predicted molar refractivity (Wildman–Crippen MR) is 162 cm³/mol. The van der Waals surface area contributed by atoms with E-state index in [4.69, 9.17) is 18.9 Å². The third-order valence-electron chi connectivity index (χ3n) is 5.74. The number of benzene rings is 1. The minimum absolute atomic E-state index is 0.0369. The zero-order valence-corrected chi connectivity index (χ0v) is 26.8. The number of nitrogens with one attached hydrogen (secondary N) is 1. The van der Waals surface area contributed by atoms with Gasteiger partial charge in [-0.3, -0.25) is 9.59 Å². The van der Waals surface area contributed by atoms with Crippen LogP contribution in [-0.2, 0) is 40.2 Å². The molecule has 2 aromatic heterocycles. The molecule has 0 spiro atoms. The highest BCUT2D eigenvalue weighted by Gasteiger charge is 2.29. The summed E-state index contributed by atoms with van der Waals surface area (Å²) in [7, 11) is -2.74. The van der Waals surface area contributed by atoms with Gasteiger partial charge in [-0.2, -0.15) is 4.99 Å². The molecular formula is C27H33N3O10S3. The van der Waals surface area contributed by atoms with E-state index >= 15 is 0 Å². The van der Waals surface area contributed by atoms with Crippen LogP contribution in [0.25, 0.3) is 10.2 Å². The number of carbonyl (C=O) groups excluding carboxylic acids is 4. The molecule has 16 heteroatoms. The van der Waals surface area contributed by atoms with Crippen molar-refractivity contribution in [1.29, 1.82) is 0 Å². The second-order valence-corrected chi connectivity index (χ2v) is 13.0. The van der Waals surface area contributed by atoms with Gasteiger partial charge in [0.2, 0.25) is 5.91 Å². The summed E-state index contributed by atoms with van der Waals surface area (Å²) in [6.07, 6.45) is 0. The fraction of sp³-hybridized carbons (Fsp3) is 0.444. The molecule has 3 rings (SSSR count). The van der Waals surface area contributed by atoms with E-state index in [1.165, 1.54) is 25.4 Å². The van der Waals surface area contributed by atoms with E-state index in [0.29, 0.717) is 25.5 Å². The number of hydrogen-bond acceptors (Lipinski definition) is 12. The zero-order chi connectivity index (χ0) is 31.7. The summed E-state index contributed by atoms with van der Waals surface area (Å²) >= 11 is 1.95. The van der Waals surface area contributed by atoms with Crippen molar-refractivity contribution in [2.75, 3.05) is 50.4 Å². The number of carbonyl (C=O) groups is 4. The number of amides is 2. The number of thiazole rings is 1. The molecular weight excluding hydrogens is 623 g/mol. The standard InChI is InChI=1S/C27H33N3O10S3/c1-6-38-17-9-10-18-19(13-17)41-27(30(18)11-12-37-5)29-21(32)15-43(35,36)14-20(31)28-24-22(25(33)39-7-2)16(4)23(42-24)26(34)40-8-3/h9-10,13H,6-8,11-12,14-15H2,1-5H3,(H,28,31). The van der Waals surface area contributed by atoms with Crippen LogP contribution < -0.4 is 14.9 Å². The lowest BCUT2D eigenvalue weighted by Crippen LogP contribution is -2.28. The Hall–Kier alpha value is -3.60. The molecule has 0 unspecified atom stereocenters. The molecule has 0 fully saturated rings. The van der Waals surface area contributed by atoms with Crippen molar-refractivity contribution in [2.24, 2.45) is 4.99 Å². The summed E-state index contributed by atoms with van der Waals surface area (Å²) in [6.45, 7) is 7.85. The monoisotopic (exact) mass is 655 g/mol. The van der Waals surface area contributed by atoms with Crippen LogP contribution in [0.15, 0.2) is 23.2 Å². The number of sulfone groups is 1. The lowest BCUT2D eigenvalue weighted by Gasteiger charge is -2.07. The highest BCUT2D eigenvalue weighted by Crippen LogP contribution is 2.34. The number of thiophene rings is 1. The number of hydrogen-bond donors (Lipinski definition) is 1. The first-order valence-electron chi connectivity index (χ1n) is 13.2. The zero-order valence-electron chi connectivity index (χ0n) is 24.4. The molecule has 234 valence electrons. The predicted octanol–water partition coefficient (Wildman–Crippen LogP) is 2.95. The van der Waals surface area contributed by atoms with Gasteiger partial charge >= 0.3 is 11.9 Å². The van der Waals surface area contributed by atoms with Gasteiger partial charge in [-0.05, 0) is 51.5 Å². The van der Waals surface area contributed by atoms with Gasteiger partial charge < -0.3 is 28.8 Å². The van der Waals surface area contributed by atoms with E-state index in [1.807, 2.05) is 19.1 Å². The van der Waals surface area contributed by atoms with Crippen LogP contribution in [0.3, 0.4) is 0 Å². The number of rotatable bonds is 14. The van der Waals surface area contributed by atoms with Crippen LogP contribution in [-0.4, -0.2) is 81.8 Å². The summed E-state index contributed by atoms with van der Waals surface area (Å²) in [5.74, 6) is -4.90. The molecule has 13 nitrogen and oxygen atoms in total. The smallest absolute Gasteiger partial charge is 0.348 e. The van der Waals surface area contributed by atoms with E-state index in [0.717, 1.165) is 21.6 Å². The minimum atomic E-state index is -4.27. The first kappa shape index (κ1) is 33.9. The number of ether oxygens (including phenoxy) is 4. The molecule has 0 bridgehead atoms. The Kier molecular flexibility index (Phi) is 12.0. The molecule has 0 aliphatic carbocycles. The Morgan fingerprint density at radius 1 is 0.977 bits per heavy atom. The van der Waals surface area contributed by atoms with E-state index in [1.54, 1.807) is 24.5 Å². The summed E-state index contributed by atoms with van der Waals surface area (Å²) in [6, 6.07) is 5.41. The fourth-order valence-corrected chi connectivity index (χ4v) is 7.20. The lowest BCUT2D eigenvalue weighted by atomic mass is 10.1. The summed E-state index contributed by atoms with van der Waals surface area (Å²) < 4.78 is 48.9. The van der Waals surface area contributed by atoms with Gasteiger partial charge in [0.05, 0.1) is 42.2 Å². The molecule has 0 aliphatic heterocycles. The normalized spacial score (nSPS) is 11.9. The molecule has 2 heterocycles. The van der Waals surface area contributed by atoms with Crippen molar-refractivity contribution in [3.8, 4) is 5.75 Å². The van der Waals surface area contributed by atoms with E-state index < -0.39 is 45.1 Å². The van der Waals surface area contributed by atoms with E-state index in [9.17, 15) is 27.6 Å². The Morgan fingerprint density at radius 2 is 1.67 bits per heavy atom. The first-order chi connectivity index (χ1) is 20.4. The van der Waals surface area contributed by atoms with E-state index in [-0.39, 0.29) is 39.0 Å².